The molecule has 0 amide bonds. The van der Waals surface area contributed by atoms with Crippen molar-refractivity contribution < 1.29 is 0 Å². The van der Waals surface area contributed by atoms with Gasteiger partial charge in [-0.05, 0) is 34.8 Å². The third kappa shape index (κ3) is 3.09. The maximum atomic E-state index is 4.05. The number of nitrogens with zero attached hydrogens (tertiary/aromatic N) is 4. The zero-order valence-corrected chi connectivity index (χ0v) is 8.72. The van der Waals surface area contributed by atoms with Gasteiger partial charge in [0, 0.05) is 24.8 Å². The van der Waals surface area contributed by atoms with Crippen LogP contribution in [0.1, 0.15) is 0 Å². The fraction of sp³-hybridized carbons (Fsp3) is 0. The Balaban J connectivity index is 1.98. The van der Waals surface area contributed by atoms with Crippen molar-refractivity contribution in [2.24, 2.45) is 10.4 Å². The van der Waals surface area contributed by atoms with E-state index in [1.165, 1.54) is 0 Å². The molecule has 0 bridgehead atoms. The lowest BCUT2D eigenvalue weighted by atomic mass is 10.5. The summed E-state index contributed by atoms with van der Waals surface area (Å²) < 4.78 is 0. The van der Waals surface area contributed by atoms with Crippen LogP contribution >= 0.6 is 0 Å². The Kier molecular flexibility index (Phi) is 3.50. The third-order valence-corrected chi connectivity index (χ3v) is 1.87. The molecule has 2 heterocycles. The SMILES string of the molecule is C1=CC=CN(/N=N/N2C=CC=CC=C2)C=C1. The summed E-state index contributed by atoms with van der Waals surface area (Å²) >= 11 is 0. The number of hydrogen-bond acceptors (Lipinski definition) is 2. The van der Waals surface area contributed by atoms with Crippen molar-refractivity contribution in [3.8, 4) is 0 Å². The maximum absolute atomic E-state index is 4.05. The molecule has 0 atom stereocenters. The quantitative estimate of drug-likeness (QED) is 0.659. The van der Waals surface area contributed by atoms with Crippen LogP contribution in [0.5, 0.6) is 0 Å². The van der Waals surface area contributed by atoms with Crippen LogP contribution in [0.4, 0.5) is 0 Å². The molecule has 16 heavy (non-hydrogen) atoms. The highest BCUT2D eigenvalue weighted by Gasteiger charge is 1.93. The van der Waals surface area contributed by atoms with E-state index in [0.29, 0.717) is 0 Å². The number of rotatable bonds is 2. The molecule has 2 aliphatic rings. The second-order valence-electron chi connectivity index (χ2n) is 3.07. The summed E-state index contributed by atoms with van der Waals surface area (Å²) in [6.07, 6.45) is 22.6. The van der Waals surface area contributed by atoms with Gasteiger partial charge in [-0.25, -0.2) is 10.0 Å². The van der Waals surface area contributed by atoms with E-state index in [1.54, 1.807) is 10.0 Å². The van der Waals surface area contributed by atoms with Gasteiger partial charge >= 0.3 is 0 Å². The van der Waals surface area contributed by atoms with Gasteiger partial charge in [-0.2, -0.15) is 0 Å². The molecular formula is C12H12N4. The average Bonchev–Trinajstić information content (AvgIpc) is 2.71. The monoisotopic (exact) mass is 212 g/mol. The molecule has 0 spiro atoms. The summed E-state index contributed by atoms with van der Waals surface area (Å²) in [6.45, 7) is 0. The zero-order valence-electron chi connectivity index (χ0n) is 8.72. The van der Waals surface area contributed by atoms with Gasteiger partial charge < -0.3 is 0 Å². The molecule has 2 rings (SSSR count). The van der Waals surface area contributed by atoms with E-state index in [4.69, 9.17) is 0 Å². The molecule has 0 aromatic carbocycles. The van der Waals surface area contributed by atoms with Gasteiger partial charge in [0.25, 0.3) is 0 Å². The fourth-order valence-electron chi connectivity index (χ4n) is 1.12. The van der Waals surface area contributed by atoms with Crippen LogP contribution < -0.4 is 0 Å². The largest absolute Gasteiger partial charge is 0.228 e. The lowest BCUT2D eigenvalue weighted by Crippen LogP contribution is -2.03. The fourth-order valence-corrected chi connectivity index (χ4v) is 1.12. The van der Waals surface area contributed by atoms with Crippen LogP contribution in [-0.2, 0) is 0 Å². The van der Waals surface area contributed by atoms with Crippen molar-refractivity contribution in [3.05, 3.63) is 73.4 Å². The molecular weight excluding hydrogens is 200 g/mol. The first kappa shape index (κ1) is 10.2. The maximum Gasteiger partial charge on any atom is 0.0301 e. The summed E-state index contributed by atoms with van der Waals surface area (Å²) in [5.41, 5.74) is 0. The minimum absolute atomic E-state index is 1.64. The van der Waals surface area contributed by atoms with Crippen LogP contribution in [0.25, 0.3) is 0 Å². The first-order valence-electron chi connectivity index (χ1n) is 4.97. The lowest BCUT2D eigenvalue weighted by Gasteiger charge is -2.08. The van der Waals surface area contributed by atoms with Gasteiger partial charge in [0.1, 0.15) is 0 Å². The second kappa shape index (κ2) is 5.50. The molecule has 0 fully saturated rings. The van der Waals surface area contributed by atoms with E-state index in [-0.39, 0.29) is 0 Å². The predicted octanol–water partition coefficient (Wildman–Crippen LogP) is 3.07. The van der Waals surface area contributed by atoms with Crippen molar-refractivity contribution in [2.45, 2.75) is 0 Å². The molecule has 4 nitrogen and oxygen atoms in total. The van der Waals surface area contributed by atoms with Crippen LogP contribution in [0.3, 0.4) is 0 Å². The minimum Gasteiger partial charge on any atom is -0.228 e. The molecule has 80 valence electrons. The molecule has 0 aromatic heterocycles. The zero-order chi connectivity index (χ0) is 11.1. The van der Waals surface area contributed by atoms with E-state index in [2.05, 4.69) is 10.4 Å². The van der Waals surface area contributed by atoms with Crippen LogP contribution in [0, 0.1) is 0 Å². The van der Waals surface area contributed by atoms with Gasteiger partial charge in [-0.15, -0.1) is 0 Å². The van der Waals surface area contributed by atoms with Crippen molar-refractivity contribution in [3.63, 3.8) is 0 Å². The predicted molar refractivity (Wildman–Crippen MR) is 63.4 cm³/mol. The molecule has 0 saturated carbocycles. The average molecular weight is 212 g/mol. The third-order valence-electron chi connectivity index (χ3n) is 1.87. The molecule has 2 aliphatic heterocycles. The van der Waals surface area contributed by atoms with Crippen molar-refractivity contribution >= 4 is 0 Å². The van der Waals surface area contributed by atoms with E-state index in [1.807, 2.05) is 73.4 Å². The molecule has 0 aliphatic carbocycles. The van der Waals surface area contributed by atoms with Crippen LogP contribution in [0.2, 0.25) is 0 Å². The number of allylic oxidation sites excluding steroid dienone is 8. The van der Waals surface area contributed by atoms with E-state index in [9.17, 15) is 0 Å². The Morgan fingerprint density at radius 3 is 1.06 bits per heavy atom. The summed E-state index contributed by atoms with van der Waals surface area (Å²) in [6, 6.07) is 0. The summed E-state index contributed by atoms with van der Waals surface area (Å²) in [5.74, 6) is 0. The Labute approximate surface area is 94.5 Å². The van der Waals surface area contributed by atoms with Crippen LogP contribution in [-0.4, -0.2) is 10.0 Å². The summed E-state index contributed by atoms with van der Waals surface area (Å²) in [7, 11) is 0. The summed E-state index contributed by atoms with van der Waals surface area (Å²) in [4.78, 5) is 0. The first-order chi connectivity index (χ1) is 7.95. The van der Waals surface area contributed by atoms with Gasteiger partial charge in [0.15, 0.2) is 0 Å². The van der Waals surface area contributed by atoms with Gasteiger partial charge in [-0.3, -0.25) is 0 Å². The highest BCUT2D eigenvalue weighted by molar-refractivity contribution is 5.15. The molecule has 4 heteroatoms. The molecule has 0 unspecified atom stereocenters. The minimum atomic E-state index is 1.64. The molecule has 0 saturated heterocycles. The Hall–Kier alpha value is -2.36. The van der Waals surface area contributed by atoms with Crippen molar-refractivity contribution in [1.82, 2.24) is 10.0 Å². The Bertz CT molecular complexity index is 352. The first-order valence-corrected chi connectivity index (χ1v) is 4.97. The smallest absolute Gasteiger partial charge is 0.0301 e. The number of hydrogen-bond donors (Lipinski definition) is 0. The van der Waals surface area contributed by atoms with Crippen LogP contribution in [0.15, 0.2) is 83.9 Å². The lowest BCUT2D eigenvalue weighted by molar-refractivity contribution is 0.402. The second-order valence-corrected chi connectivity index (χ2v) is 3.07. The van der Waals surface area contributed by atoms with E-state index in [0.717, 1.165) is 0 Å². The topological polar surface area (TPSA) is 31.2 Å². The Morgan fingerprint density at radius 1 is 0.438 bits per heavy atom. The van der Waals surface area contributed by atoms with Crippen molar-refractivity contribution in [1.29, 1.82) is 0 Å². The van der Waals surface area contributed by atoms with E-state index >= 15 is 0 Å². The molecule has 0 radical (unpaired) electrons. The van der Waals surface area contributed by atoms with Gasteiger partial charge in [-0.1, -0.05) is 24.3 Å². The standard InChI is InChI=1S/C12H12N4/c1-2-6-10-15(9-5-1)13-14-16-11-7-3-4-8-12-16/h1-12H/b14-13+. The molecule has 0 aromatic rings. The summed E-state index contributed by atoms with van der Waals surface area (Å²) in [5, 5.41) is 11.4. The molecule has 0 N–H and O–H groups in total. The van der Waals surface area contributed by atoms with Gasteiger partial charge in [0.2, 0.25) is 0 Å². The highest BCUT2D eigenvalue weighted by atomic mass is 15.7. The van der Waals surface area contributed by atoms with Crippen molar-refractivity contribution in [2.75, 3.05) is 0 Å². The van der Waals surface area contributed by atoms with E-state index < -0.39 is 0 Å². The van der Waals surface area contributed by atoms with Gasteiger partial charge in [0.05, 0.1) is 0 Å². The normalized spacial score (nSPS) is 18.5. The highest BCUT2D eigenvalue weighted by Crippen LogP contribution is 2.03. The Morgan fingerprint density at radius 2 is 0.750 bits per heavy atom.